The lowest BCUT2D eigenvalue weighted by atomic mass is 9.86. The van der Waals surface area contributed by atoms with Crippen LogP contribution in [0.1, 0.15) is 54.7 Å². The van der Waals surface area contributed by atoms with Crippen LogP contribution >= 0.6 is 23.1 Å². The van der Waals surface area contributed by atoms with Crippen LogP contribution in [0.25, 0.3) is 11.1 Å². The molecule has 1 saturated carbocycles. The number of esters is 1. The van der Waals surface area contributed by atoms with Gasteiger partial charge >= 0.3 is 5.97 Å². The molecule has 1 fully saturated rings. The van der Waals surface area contributed by atoms with E-state index in [-0.39, 0.29) is 11.7 Å². The molecule has 0 saturated heterocycles. The number of carbonyl (C=O) groups excluding carboxylic acids is 2. The molecule has 3 aromatic rings. The van der Waals surface area contributed by atoms with E-state index in [1.807, 2.05) is 40.3 Å². The van der Waals surface area contributed by atoms with Crippen LogP contribution in [0.4, 0.5) is 5.00 Å². The fraction of sp³-hybridized carbons (Fsp3) is 0.429. The van der Waals surface area contributed by atoms with Gasteiger partial charge in [-0.15, -0.1) is 28.1 Å². The quantitative estimate of drug-likeness (QED) is 0.161. The summed E-state index contributed by atoms with van der Waals surface area (Å²) in [5, 5.41) is 14.7. The second kappa shape index (κ2) is 13.6. The molecule has 1 aliphatic rings. The molecule has 2 aromatic heterocycles. The van der Waals surface area contributed by atoms with E-state index in [1.165, 1.54) is 62.3 Å². The predicted octanol–water partition coefficient (Wildman–Crippen LogP) is 6.23. The lowest BCUT2D eigenvalue weighted by Gasteiger charge is -2.21. The van der Waals surface area contributed by atoms with Gasteiger partial charge in [0.15, 0.2) is 5.16 Å². The maximum atomic E-state index is 12.9. The Labute approximate surface area is 231 Å². The third-order valence-corrected chi connectivity index (χ3v) is 8.64. The van der Waals surface area contributed by atoms with E-state index in [0.29, 0.717) is 27.8 Å². The van der Waals surface area contributed by atoms with Crippen LogP contribution in [-0.2, 0) is 22.5 Å². The van der Waals surface area contributed by atoms with Crippen molar-refractivity contribution in [2.24, 2.45) is 5.92 Å². The summed E-state index contributed by atoms with van der Waals surface area (Å²) in [5.41, 5.74) is 1.86. The molecular weight excluding hydrogens is 520 g/mol. The lowest BCUT2D eigenvalue weighted by Crippen LogP contribution is -2.16. The van der Waals surface area contributed by atoms with Crippen LogP contribution in [0.5, 0.6) is 5.75 Å². The van der Waals surface area contributed by atoms with E-state index < -0.39 is 5.97 Å². The van der Waals surface area contributed by atoms with Gasteiger partial charge in [0, 0.05) is 23.9 Å². The smallest absolute Gasteiger partial charge is 0.341 e. The summed E-state index contributed by atoms with van der Waals surface area (Å²) in [4.78, 5) is 25.6. The SMILES string of the molecule is C=CCn1c(CCC2CCCCC2)nnc1SCC(=O)Nc1scc(-c2ccc(OC)cc2)c1C(=O)OC. The molecule has 0 spiro atoms. The number of rotatable bonds is 12. The highest BCUT2D eigenvalue weighted by Gasteiger charge is 2.23. The van der Waals surface area contributed by atoms with Gasteiger partial charge in [0.2, 0.25) is 5.91 Å². The van der Waals surface area contributed by atoms with E-state index in [9.17, 15) is 9.59 Å². The lowest BCUT2D eigenvalue weighted by molar-refractivity contribution is -0.113. The van der Waals surface area contributed by atoms with Gasteiger partial charge in [-0.05, 0) is 30.0 Å². The molecule has 10 heteroatoms. The number of hydrogen-bond acceptors (Lipinski definition) is 8. The summed E-state index contributed by atoms with van der Waals surface area (Å²) in [6.07, 6.45) is 10.4. The molecule has 0 aliphatic heterocycles. The van der Waals surface area contributed by atoms with Crippen LogP contribution in [-0.4, -0.2) is 46.6 Å². The number of aryl methyl sites for hydroxylation is 1. The first-order valence-electron chi connectivity index (χ1n) is 12.8. The number of amides is 1. The largest absolute Gasteiger partial charge is 0.497 e. The maximum absolute atomic E-state index is 12.9. The van der Waals surface area contributed by atoms with E-state index in [2.05, 4.69) is 22.1 Å². The molecule has 1 aromatic carbocycles. The van der Waals surface area contributed by atoms with Crippen molar-refractivity contribution in [1.82, 2.24) is 14.8 Å². The number of benzene rings is 1. The summed E-state index contributed by atoms with van der Waals surface area (Å²) < 4.78 is 12.3. The first-order chi connectivity index (χ1) is 18.5. The van der Waals surface area contributed by atoms with Crippen molar-refractivity contribution in [3.63, 3.8) is 0 Å². The highest BCUT2D eigenvalue weighted by atomic mass is 32.2. The number of thiophene rings is 1. The van der Waals surface area contributed by atoms with E-state index in [4.69, 9.17) is 9.47 Å². The molecule has 8 nitrogen and oxygen atoms in total. The predicted molar refractivity (Wildman–Crippen MR) is 152 cm³/mol. The minimum absolute atomic E-state index is 0.133. The molecule has 4 rings (SSSR count). The average Bonchev–Trinajstić information content (AvgIpc) is 3.55. The van der Waals surface area contributed by atoms with E-state index in [1.54, 1.807) is 7.11 Å². The summed E-state index contributed by atoms with van der Waals surface area (Å²) >= 11 is 2.62. The van der Waals surface area contributed by atoms with Crippen LogP contribution in [0, 0.1) is 5.92 Å². The number of nitrogens with one attached hydrogen (secondary N) is 1. The molecule has 0 atom stereocenters. The molecule has 202 valence electrons. The molecule has 1 aliphatic carbocycles. The Hall–Kier alpha value is -3.11. The van der Waals surface area contributed by atoms with E-state index in [0.717, 1.165) is 35.9 Å². The summed E-state index contributed by atoms with van der Waals surface area (Å²) in [6, 6.07) is 7.39. The van der Waals surface area contributed by atoms with Gasteiger partial charge in [-0.2, -0.15) is 0 Å². The summed E-state index contributed by atoms with van der Waals surface area (Å²) in [6.45, 7) is 4.47. The Bertz CT molecular complexity index is 1250. The second-order valence-corrected chi connectivity index (χ2v) is 11.1. The van der Waals surface area contributed by atoms with Crippen LogP contribution in [0.15, 0.2) is 47.5 Å². The van der Waals surface area contributed by atoms with Crippen LogP contribution in [0.3, 0.4) is 0 Å². The van der Waals surface area contributed by atoms with Gasteiger partial charge in [0.1, 0.15) is 22.1 Å². The monoisotopic (exact) mass is 554 g/mol. The zero-order valence-corrected chi connectivity index (χ0v) is 23.5. The fourth-order valence-corrected chi connectivity index (χ4v) is 6.50. The zero-order valence-electron chi connectivity index (χ0n) is 21.9. The van der Waals surface area contributed by atoms with Crippen molar-refractivity contribution in [3.05, 3.63) is 53.7 Å². The highest BCUT2D eigenvalue weighted by molar-refractivity contribution is 7.99. The van der Waals surface area contributed by atoms with Gasteiger partial charge < -0.3 is 19.4 Å². The molecule has 0 unspecified atom stereocenters. The molecular formula is C28H34N4O4S2. The second-order valence-electron chi connectivity index (χ2n) is 9.25. The third kappa shape index (κ3) is 6.85. The maximum Gasteiger partial charge on any atom is 0.341 e. The van der Waals surface area contributed by atoms with Crippen molar-refractivity contribution in [2.75, 3.05) is 25.3 Å². The van der Waals surface area contributed by atoms with Crippen molar-refractivity contribution >= 4 is 40.0 Å². The number of nitrogens with zero attached hydrogens (tertiary/aromatic N) is 3. The molecule has 0 bridgehead atoms. The standard InChI is InChI=1S/C28H34N4O4S2/c1-4-16-32-23(15-10-19-8-6-5-7-9-19)30-31-28(32)38-18-24(33)29-26-25(27(34)36-3)22(17-37-26)20-11-13-21(35-2)14-12-20/h4,11-14,17,19H,1,5-10,15-16,18H2,2-3H3,(H,29,33). The number of methoxy groups -OCH3 is 2. The summed E-state index contributed by atoms with van der Waals surface area (Å²) in [7, 11) is 2.93. The number of hydrogen-bond donors (Lipinski definition) is 1. The Kier molecular flexibility index (Phi) is 10.0. The van der Waals surface area contributed by atoms with Crippen LogP contribution < -0.4 is 10.1 Å². The van der Waals surface area contributed by atoms with Gasteiger partial charge in [0.25, 0.3) is 0 Å². The van der Waals surface area contributed by atoms with Crippen molar-refractivity contribution < 1.29 is 19.1 Å². The molecule has 2 heterocycles. The normalized spacial score (nSPS) is 13.7. The Morgan fingerprint density at radius 3 is 2.63 bits per heavy atom. The topological polar surface area (TPSA) is 95.3 Å². The number of thioether (sulfide) groups is 1. The van der Waals surface area contributed by atoms with Gasteiger partial charge in [-0.1, -0.05) is 62.1 Å². The number of aromatic nitrogens is 3. The molecule has 1 amide bonds. The number of allylic oxidation sites excluding steroid dienone is 1. The number of ether oxygens (including phenoxy) is 2. The van der Waals surface area contributed by atoms with Gasteiger partial charge in [-0.3, -0.25) is 4.79 Å². The van der Waals surface area contributed by atoms with Gasteiger partial charge in [0.05, 0.1) is 20.0 Å². The summed E-state index contributed by atoms with van der Waals surface area (Å²) in [5.74, 6) is 1.81. The zero-order chi connectivity index (χ0) is 26.9. The molecule has 0 radical (unpaired) electrons. The highest BCUT2D eigenvalue weighted by Crippen LogP contribution is 2.37. The van der Waals surface area contributed by atoms with E-state index >= 15 is 0 Å². The molecule has 1 N–H and O–H groups in total. The first-order valence-corrected chi connectivity index (χ1v) is 14.7. The molecule has 38 heavy (non-hydrogen) atoms. The van der Waals surface area contributed by atoms with Crippen molar-refractivity contribution in [1.29, 1.82) is 0 Å². The first kappa shape index (κ1) is 27.9. The van der Waals surface area contributed by atoms with Crippen molar-refractivity contribution in [2.45, 2.75) is 56.6 Å². The Morgan fingerprint density at radius 1 is 1.18 bits per heavy atom. The number of carbonyl (C=O) groups is 2. The fourth-order valence-electron chi connectivity index (χ4n) is 4.76. The minimum Gasteiger partial charge on any atom is -0.497 e. The van der Waals surface area contributed by atoms with Crippen LogP contribution in [0.2, 0.25) is 0 Å². The van der Waals surface area contributed by atoms with Crippen molar-refractivity contribution in [3.8, 4) is 16.9 Å². The minimum atomic E-state index is -0.506. The van der Waals surface area contributed by atoms with Gasteiger partial charge in [-0.25, -0.2) is 4.79 Å². The Balaban J connectivity index is 1.42. The average molecular weight is 555 g/mol. The Morgan fingerprint density at radius 2 is 1.95 bits per heavy atom. The number of anilines is 1. The third-order valence-electron chi connectivity index (χ3n) is 6.77.